The number of nitrogens with zero attached hydrogens (tertiary/aromatic N) is 1. The lowest BCUT2D eigenvalue weighted by atomic mass is 10.0. The molecule has 0 saturated heterocycles. The highest BCUT2D eigenvalue weighted by atomic mass is 31.2. The van der Waals surface area contributed by atoms with E-state index in [-0.39, 0.29) is 25.5 Å². The predicted molar refractivity (Wildman–Crippen MR) is 290 cm³/mol. The lowest BCUT2D eigenvalue weighted by Crippen LogP contribution is -2.45. The Hall–Kier alpha value is -3.10. The second-order valence-corrected chi connectivity index (χ2v) is 20.0. The van der Waals surface area contributed by atoms with E-state index in [2.05, 4.69) is 129 Å². The molecule has 0 heterocycles. The quantitative estimate of drug-likeness (QED) is 0.0243. The second kappa shape index (κ2) is 47.9. The van der Waals surface area contributed by atoms with Gasteiger partial charge in [0.1, 0.15) is 13.2 Å². The van der Waals surface area contributed by atoms with Crippen molar-refractivity contribution in [2.45, 2.75) is 199 Å². The van der Waals surface area contributed by atoms with Gasteiger partial charge in [0, 0.05) is 6.42 Å². The van der Waals surface area contributed by atoms with Crippen molar-refractivity contribution in [3.8, 4) is 0 Å². The molecule has 0 rings (SSSR count). The van der Waals surface area contributed by atoms with Crippen LogP contribution in [0.1, 0.15) is 187 Å². The molecule has 0 bridgehead atoms. The number of allylic oxidation sites excluding steroid dienone is 19. The number of phosphoric ester groups is 1. The highest BCUT2D eigenvalue weighted by Gasteiger charge is 2.27. The number of hydrogen-bond donors (Lipinski definition) is 3. The SMILES string of the molecule is CC/C=C\C/C=C\C/C=C\C/C=C\C/C=C\C/C=C\C/C=C\C/C=C\C/C=C\CCCC(=O)NC(COP(=O)(O)OCC[N+](C)(C)C)C(O)/C=C/CCCCCCCCCCCCCCCC. The van der Waals surface area contributed by atoms with Crippen LogP contribution in [0.15, 0.2) is 122 Å². The first-order valence-electron chi connectivity index (χ1n) is 26.4. The summed E-state index contributed by atoms with van der Waals surface area (Å²) in [5, 5.41) is 13.8. The number of rotatable bonds is 46. The Bertz CT molecular complexity index is 1500. The van der Waals surface area contributed by atoms with Crippen LogP contribution in [-0.2, 0) is 18.4 Å². The van der Waals surface area contributed by atoms with Crippen LogP contribution < -0.4 is 5.32 Å². The van der Waals surface area contributed by atoms with E-state index in [1.165, 1.54) is 77.0 Å². The van der Waals surface area contributed by atoms with Crippen molar-refractivity contribution in [1.29, 1.82) is 0 Å². The van der Waals surface area contributed by atoms with Crippen molar-refractivity contribution in [1.82, 2.24) is 5.32 Å². The fraction of sp³-hybridized carbons (Fsp3) is 0.638. The lowest BCUT2D eigenvalue weighted by molar-refractivity contribution is -0.870. The molecule has 382 valence electrons. The number of carbonyl (C=O) groups excluding carboxylic acids is 1. The molecule has 3 N–H and O–H groups in total. The van der Waals surface area contributed by atoms with E-state index in [4.69, 9.17) is 9.05 Å². The number of quaternary nitrogens is 1. The number of unbranched alkanes of at least 4 members (excludes halogenated alkanes) is 15. The molecule has 1 amide bonds. The third-order valence-electron chi connectivity index (χ3n) is 10.9. The lowest BCUT2D eigenvalue weighted by Gasteiger charge is -2.25. The summed E-state index contributed by atoms with van der Waals surface area (Å²) in [5.74, 6) is -0.240. The average molecular weight is 952 g/mol. The number of nitrogens with one attached hydrogen (secondary N) is 1. The number of aliphatic hydroxyl groups excluding tert-OH is 1. The molecular weight excluding hydrogens is 852 g/mol. The minimum absolute atomic E-state index is 0.0437. The van der Waals surface area contributed by atoms with Crippen LogP contribution in [0.2, 0.25) is 0 Å². The zero-order valence-electron chi connectivity index (χ0n) is 43.3. The van der Waals surface area contributed by atoms with Crippen LogP contribution in [-0.4, -0.2) is 73.4 Å². The number of likely N-dealkylation sites (N-methyl/N-ethyl adjacent to an activating group) is 1. The van der Waals surface area contributed by atoms with Crippen molar-refractivity contribution in [3.63, 3.8) is 0 Å². The molecule has 0 aromatic heterocycles. The molecule has 8 nitrogen and oxygen atoms in total. The molecule has 67 heavy (non-hydrogen) atoms. The molecule has 0 radical (unpaired) electrons. The molecule has 3 atom stereocenters. The Morgan fingerprint density at radius 1 is 0.522 bits per heavy atom. The van der Waals surface area contributed by atoms with Gasteiger partial charge in [-0.05, 0) is 83.5 Å². The third kappa shape index (κ3) is 50.6. The summed E-state index contributed by atoms with van der Waals surface area (Å²) in [4.78, 5) is 23.2. The molecule has 0 aromatic rings. The van der Waals surface area contributed by atoms with Crippen LogP contribution >= 0.6 is 7.82 Å². The maximum atomic E-state index is 12.9. The maximum absolute atomic E-state index is 12.9. The molecule has 0 saturated carbocycles. The molecule has 0 aromatic carbocycles. The molecule has 0 aliphatic rings. The summed E-state index contributed by atoms with van der Waals surface area (Å²) in [6, 6.07) is -0.886. The Morgan fingerprint density at radius 2 is 0.896 bits per heavy atom. The summed E-state index contributed by atoms with van der Waals surface area (Å²) < 4.78 is 23.6. The van der Waals surface area contributed by atoms with E-state index >= 15 is 0 Å². The van der Waals surface area contributed by atoms with E-state index < -0.39 is 20.0 Å². The van der Waals surface area contributed by atoms with Crippen molar-refractivity contribution >= 4 is 13.7 Å². The number of phosphoric acid groups is 1. The van der Waals surface area contributed by atoms with Crippen LogP contribution in [0.3, 0.4) is 0 Å². The van der Waals surface area contributed by atoms with Gasteiger partial charge in [0.05, 0.1) is 39.9 Å². The average Bonchev–Trinajstić information content (AvgIpc) is 3.29. The van der Waals surface area contributed by atoms with Gasteiger partial charge in [-0.25, -0.2) is 4.57 Å². The summed E-state index contributed by atoms with van der Waals surface area (Å²) >= 11 is 0. The molecule has 9 heteroatoms. The third-order valence-corrected chi connectivity index (χ3v) is 11.9. The smallest absolute Gasteiger partial charge is 0.387 e. The van der Waals surface area contributed by atoms with E-state index in [1.807, 2.05) is 27.2 Å². The molecule has 0 spiro atoms. The normalized spacial score (nSPS) is 15.0. The first kappa shape index (κ1) is 63.9. The monoisotopic (exact) mass is 952 g/mol. The number of amides is 1. The first-order chi connectivity index (χ1) is 32.5. The minimum atomic E-state index is -4.37. The van der Waals surface area contributed by atoms with E-state index in [1.54, 1.807) is 6.08 Å². The summed E-state index contributed by atoms with van der Waals surface area (Å²) in [7, 11) is 1.52. The van der Waals surface area contributed by atoms with Crippen LogP contribution in [0.4, 0.5) is 0 Å². The fourth-order valence-corrected chi connectivity index (χ4v) is 7.54. The second-order valence-electron chi connectivity index (χ2n) is 18.5. The number of aliphatic hydroxyl groups is 1. The van der Waals surface area contributed by atoms with Crippen LogP contribution in [0.5, 0.6) is 0 Å². The highest BCUT2D eigenvalue weighted by Crippen LogP contribution is 2.43. The van der Waals surface area contributed by atoms with Crippen molar-refractivity contribution < 1.29 is 32.9 Å². The Labute approximate surface area is 412 Å². The standard InChI is InChI=1S/C58H99N2O6P/c1-6-8-10-12-14-16-18-20-22-24-25-26-27-28-29-30-31-32-33-34-35-36-38-40-42-44-46-48-50-52-58(62)59-56(55-66-67(63,64)65-54-53-60(3,4)5)57(61)51-49-47-45-43-41-39-37-23-21-19-17-15-13-11-9-7-2/h8,10,14,16,20,22,25-26,28-29,31-32,34-35,38,40,44,46,49,51,56-57,61H,6-7,9,11-13,15,17-19,21,23-24,27,30,33,36-37,39,41-43,45,47-48,50,52-55H2,1-5H3,(H-,59,62,63,64)/p+1/b10-8-,16-14-,22-20-,26-25-,29-28-,32-31-,35-34-,40-38-,46-44-,51-49+. The van der Waals surface area contributed by atoms with Gasteiger partial charge in [-0.15, -0.1) is 0 Å². The fourth-order valence-electron chi connectivity index (χ4n) is 6.81. The molecule has 0 aliphatic carbocycles. The summed E-state index contributed by atoms with van der Waals surface area (Å²) in [5.41, 5.74) is 0. The Balaban J connectivity index is 4.43. The maximum Gasteiger partial charge on any atom is 0.472 e. The highest BCUT2D eigenvalue weighted by molar-refractivity contribution is 7.47. The molecule has 0 aliphatic heterocycles. The summed E-state index contributed by atoms with van der Waals surface area (Å²) in [6.45, 7) is 4.64. The van der Waals surface area contributed by atoms with Gasteiger partial charge in [0.2, 0.25) is 5.91 Å². The zero-order valence-corrected chi connectivity index (χ0v) is 44.2. The van der Waals surface area contributed by atoms with Gasteiger partial charge in [-0.2, -0.15) is 0 Å². The van der Waals surface area contributed by atoms with E-state index in [0.29, 0.717) is 17.4 Å². The molecular formula is C58H100N2O6P+. The topological polar surface area (TPSA) is 105 Å². The number of carbonyl (C=O) groups is 1. The number of hydrogen-bond acceptors (Lipinski definition) is 5. The van der Waals surface area contributed by atoms with E-state index in [9.17, 15) is 19.4 Å². The van der Waals surface area contributed by atoms with Crippen LogP contribution in [0.25, 0.3) is 0 Å². The van der Waals surface area contributed by atoms with Crippen molar-refractivity contribution in [3.05, 3.63) is 122 Å². The largest absolute Gasteiger partial charge is 0.472 e. The van der Waals surface area contributed by atoms with Gasteiger partial charge >= 0.3 is 7.82 Å². The van der Waals surface area contributed by atoms with Crippen molar-refractivity contribution in [2.24, 2.45) is 0 Å². The van der Waals surface area contributed by atoms with Gasteiger partial charge < -0.3 is 19.8 Å². The Morgan fingerprint density at radius 3 is 1.30 bits per heavy atom. The van der Waals surface area contributed by atoms with Crippen molar-refractivity contribution in [2.75, 3.05) is 40.9 Å². The van der Waals surface area contributed by atoms with Gasteiger partial charge in [-0.1, -0.05) is 219 Å². The minimum Gasteiger partial charge on any atom is -0.387 e. The van der Waals surface area contributed by atoms with Crippen LogP contribution in [0, 0.1) is 0 Å². The Kier molecular flexibility index (Phi) is 45.7. The summed E-state index contributed by atoms with van der Waals surface area (Å²) in [6.07, 6.45) is 71.5. The molecule has 3 unspecified atom stereocenters. The predicted octanol–water partition coefficient (Wildman–Crippen LogP) is 15.8. The van der Waals surface area contributed by atoms with E-state index in [0.717, 1.165) is 83.5 Å². The first-order valence-corrected chi connectivity index (χ1v) is 27.9. The van der Waals surface area contributed by atoms with Gasteiger partial charge in [-0.3, -0.25) is 13.8 Å². The zero-order chi connectivity index (χ0) is 49.2. The van der Waals surface area contributed by atoms with Gasteiger partial charge in [0.25, 0.3) is 0 Å². The molecule has 0 fully saturated rings. The van der Waals surface area contributed by atoms with Gasteiger partial charge in [0.15, 0.2) is 0 Å².